The average molecular weight is 263 g/mol. The van der Waals surface area contributed by atoms with Crippen LogP contribution in [0.15, 0.2) is 23.3 Å². The van der Waals surface area contributed by atoms with E-state index in [1.165, 1.54) is 14.0 Å². The van der Waals surface area contributed by atoms with Crippen molar-refractivity contribution in [3.05, 3.63) is 29.3 Å². The molecule has 0 saturated carbocycles. The molecule has 0 aliphatic carbocycles. The Balaban J connectivity index is 3.06. The second-order valence-electron chi connectivity index (χ2n) is 3.94. The largest absolute Gasteiger partial charge is 0.550 e. The monoisotopic (exact) mass is 263 g/mol. The Labute approximate surface area is 111 Å². The molecule has 0 aliphatic rings. The number of carbonyl (C=O) groups excluding carboxylic acids is 2. The molecule has 6 nitrogen and oxygen atoms in total. The Kier molecular flexibility index (Phi) is 5.05. The number of ether oxygens (including phenoxy) is 1. The van der Waals surface area contributed by atoms with Crippen molar-refractivity contribution in [1.82, 2.24) is 5.43 Å². The van der Waals surface area contributed by atoms with Crippen LogP contribution in [0, 0.1) is 0 Å². The zero-order valence-corrected chi connectivity index (χ0v) is 11.0. The first kappa shape index (κ1) is 14.7. The Bertz CT molecular complexity index is 523. The molecule has 1 amide bonds. The lowest BCUT2D eigenvalue weighted by Crippen LogP contribution is -2.24. The molecule has 0 spiro atoms. The van der Waals surface area contributed by atoms with Crippen LogP contribution in [-0.4, -0.2) is 24.7 Å². The number of hydrogen-bond donors (Lipinski definition) is 1. The number of methoxy groups -OCH3 is 1. The minimum atomic E-state index is -1.19. The van der Waals surface area contributed by atoms with Crippen molar-refractivity contribution in [3.8, 4) is 5.75 Å². The van der Waals surface area contributed by atoms with Crippen molar-refractivity contribution < 1.29 is 19.4 Å². The van der Waals surface area contributed by atoms with Gasteiger partial charge in [0, 0.05) is 24.9 Å². The first-order valence-corrected chi connectivity index (χ1v) is 5.62. The van der Waals surface area contributed by atoms with Crippen LogP contribution >= 0.6 is 0 Å². The zero-order chi connectivity index (χ0) is 14.4. The predicted octanol–water partition coefficient (Wildman–Crippen LogP) is -0.152. The second kappa shape index (κ2) is 6.53. The van der Waals surface area contributed by atoms with E-state index in [1.807, 2.05) is 0 Å². The maximum absolute atomic E-state index is 10.8. The number of benzene rings is 1. The smallest absolute Gasteiger partial charge is 0.236 e. The topological polar surface area (TPSA) is 90.8 Å². The van der Waals surface area contributed by atoms with E-state index in [0.29, 0.717) is 22.6 Å². The third-order valence-corrected chi connectivity index (χ3v) is 2.41. The molecule has 0 atom stereocenters. The summed E-state index contributed by atoms with van der Waals surface area (Å²) >= 11 is 0. The third-order valence-electron chi connectivity index (χ3n) is 2.41. The van der Waals surface area contributed by atoms with Gasteiger partial charge in [0.25, 0.3) is 0 Å². The summed E-state index contributed by atoms with van der Waals surface area (Å²) in [6.07, 6.45) is -0.246. The highest BCUT2D eigenvalue weighted by atomic mass is 16.5. The van der Waals surface area contributed by atoms with Gasteiger partial charge < -0.3 is 14.6 Å². The molecule has 0 radical (unpaired) electrons. The summed E-state index contributed by atoms with van der Waals surface area (Å²) in [5.74, 6) is -0.991. The fourth-order valence-corrected chi connectivity index (χ4v) is 1.52. The number of carboxylic acid groups (broad SMARTS) is 1. The second-order valence-corrected chi connectivity index (χ2v) is 3.94. The lowest BCUT2D eigenvalue weighted by atomic mass is 10.0. The standard InChI is InChI=1S/C13H16N2O4/c1-8(14-15-9(2)16)10-4-5-12(19-3)11(6-10)7-13(17)18/h4-6H,7H2,1-3H3,(H,15,16)(H,17,18)/p-1/b14-8-. The molecule has 6 heteroatoms. The molecule has 0 heterocycles. The van der Waals surface area contributed by atoms with Crippen LogP contribution in [0.25, 0.3) is 0 Å². The van der Waals surface area contributed by atoms with Crippen LogP contribution in [0.4, 0.5) is 0 Å². The van der Waals surface area contributed by atoms with Gasteiger partial charge in [0.15, 0.2) is 0 Å². The Morgan fingerprint density at radius 1 is 1.37 bits per heavy atom. The highest BCUT2D eigenvalue weighted by Gasteiger charge is 2.07. The van der Waals surface area contributed by atoms with E-state index in [1.54, 1.807) is 25.1 Å². The van der Waals surface area contributed by atoms with Crippen LogP contribution in [-0.2, 0) is 16.0 Å². The van der Waals surface area contributed by atoms with Crippen molar-refractivity contribution in [3.63, 3.8) is 0 Å². The number of carboxylic acids is 1. The molecule has 19 heavy (non-hydrogen) atoms. The Morgan fingerprint density at radius 2 is 2.05 bits per heavy atom. The molecular formula is C13H15N2O4-. The van der Waals surface area contributed by atoms with Crippen LogP contribution < -0.4 is 15.3 Å². The number of aliphatic carboxylic acids is 1. The maximum atomic E-state index is 10.8. The molecule has 0 aliphatic heterocycles. The molecule has 0 fully saturated rings. The molecule has 1 N–H and O–H groups in total. The summed E-state index contributed by atoms with van der Waals surface area (Å²) in [4.78, 5) is 21.4. The molecule has 0 saturated heterocycles. The van der Waals surface area contributed by atoms with Crippen LogP contribution in [0.5, 0.6) is 5.75 Å². The lowest BCUT2D eigenvalue weighted by molar-refractivity contribution is -0.304. The van der Waals surface area contributed by atoms with E-state index in [2.05, 4.69) is 10.5 Å². The summed E-state index contributed by atoms with van der Waals surface area (Å²) in [5.41, 5.74) is 4.09. The summed E-state index contributed by atoms with van der Waals surface area (Å²) in [5, 5.41) is 14.6. The Hall–Kier alpha value is -2.37. The highest BCUT2D eigenvalue weighted by molar-refractivity contribution is 5.99. The van der Waals surface area contributed by atoms with Gasteiger partial charge in [0.1, 0.15) is 5.75 Å². The van der Waals surface area contributed by atoms with Crippen LogP contribution in [0.1, 0.15) is 25.0 Å². The number of rotatable bonds is 5. The van der Waals surface area contributed by atoms with Gasteiger partial charge in [-0.2, -0.15) is 5.10 Å². The van der Waals surface area contributed by atoms with Gasteiger partial charge in [-0.25, -0.2) is 5.43 Å². The summed E-state index contributed by atoms with van der Waals surface area (Å²) in [6, 6.07) is 5.04. The lowest BCUT2D eigenvalue weighted by Gasteiger charge is -2.11. The summed E-state index contributed by atoms with van der Waals surface area (Å²) < 4.78 is 5.08. The van der Waals surface area contributed by atoms with E-state index < -0.39 is 5.97 Å². The summed E-state index contributed by atoms with van der Waals surface area (Å²) in [6.45, 7) is 3.06. The quantitative estimate of drug-likeness (QED) is 0.590. The highest BCUT2D eigenvalue weighted by Crippen LogP contribution is 2.20. The van der Waals surface area contributed by atoms with Gasteiger partial charge in [-0.05, 0) is 30.7 Å². The van der Waals surface area contributed by atoms with Crippen molar-refractivity contribution in [2.45, 2.75) is 20.3 Å². The number of nitrogens with one attached hydrogen (secondary N) is 1. The van der Waals surface area contributed by atoms with Crippen LogP contribution in [0.3, 0.4) is 0 Å². The number of hydrogen-bond acceptors (Lipinski definition) is 5. The molecule has 0 unspecified atom stereocenters. The van der Waals surface area contributed by atoms with Crippen molar-refractivity contribution in [2.24, 2.45) is 5.10 Å². The fourth-order valence-electron chi connectivity index (χ4n) is 1.52. The minimum absolute atomic E-state index is 0.246. The number of carbonyl (C=O) groups is 2. The van der Waals surface area contributed by atoms with E-state index in [0.717, 1.165) is 0 Å². The number of amides is 1. The Morgan fingerprint density at radius 3 is 2.58 bits per heavy atom. The fraction of sp³-hybridized carbons (Fsp3) is 0.308. The molecule has 102 valence electrons. The van der Waals surface area contributed by atoms with E-state index in [9.17, 15) is 14.7 Å². The molecule has 1 rings (SSSR count). The number of nitrogens with zero attached hydrogens (tertiary/aromatic N) is 1. The van der Waals surface area contributed by atoms with Crippen LogP contribution in [0.2, 0.25) is 0 Å². The van der Waals surface area contributed by atoms with Crippen molar-refractivity contribution >= 4 is 17.6 Å². The van der Waals surface area contributed by atoms with E-state index in [4.69, 9.17) is 4.74 Å². The van der Waals surface area contributed by atoms with E-state index >= 15 is 0 Å². The van der Waals surface area contributed by atoms with Gasteiger partial charge in [-0.3, -0.25) is 4.79 Å². The van der Waals surface area contributed by atoms with Crippen molar-refractivity contribution in [1.29, 1.82) is 0 Å². The third kappa shape index (κ3) is 4.42. The number of hydrazone groups is 1. The van der Waals surface area contributed by atoms with Gasteiger partial charge in [-0.15, -0.1) is 0 Å². The van der Waals surface area contributed by atoms with Crippen molar-refractivity contribution in [2.75, 3.05) is 7.11 Å². The first-order chi connectivity index (χ1) is 8.93. The van der Waals surface area contributed by atoms with E-state index in [-0.39, 0.29) is 12.3 Å². The first-order valence-electron chi connectivity index (χ1n) is 5.62. The minimum Gasteiger partial charge on any atom is -0.550 e. The normalized spacial score (nSPS) is 11.0. The van der Waals surface area contributed by atoms with Gasteiger partial charge >= 0.3 is 0 Å². The SMILES string of the molecule is COc1ccc(/C(C)=N\NC(C)=O)cc1CC(=O)[O-]. The molecular weight excluding hydrogens is 248 g/mol. The predicted molar refractivity (Wildman–Crippen MR) is 67.7 cm³/mol. The van der Waals surface area contributed by atoms with Gasteiger partial charge in [-0.1, -0.05) is 0 Å². The maximum Gasteiger partial charge on any atom is 0.236 e. The van der Waals surface area contributed by atoms with Gasteiger partial charge in [0.05, 0.1) is 12.8 Å². The van der Waals surface area contributed by atoms with Gasteiger partial charge in [0.2, 0.25) is 5.91 Å². The molecule has 1 aromatic carbocycles. The molecule has 0 aromatic heterocycles. The molecule has 1 aromatic rings. The average Bonchev–Trinajstić information content (AvgIpc) is 2.35. The zero-order valence-electron chi connectivity index (χ0n) is 11.0. The summed E-state index contributed by atoms with van der Waals surface area (Å²) in [7, 11) is 1.46. The molecule has 0 bridgehead atoms.